The minimum Gasteiger partial charge on any atom is -0.335 e. The highest BCUT2D eigenvalue weighted by molar-refractivity contribution is 6.06. The number of nitrogens with zero attached hydrogens (tertiary/aromatic N) is 2. The van der Waals surface area contributed by atoms with Gasteiger partial charge in [0.1, 0.15) is 5.82 Å². The Labute approximate surface area is 158 Å². The van der Waals surface area contributed by atoms with Gasteiger partial charge in [-0.1, -0.05) is 12.1 Å². The normalized spacial score (nSPS) is 17.3. The summed E-state index contributed by atoms with van der Waals surface area (Å²) in [7, 11) is 0. The van der Waals surface area contributed by atoms with Crippen LogP contribution in [0.3, 0.4) is 0 Å². The van der Waals surface area contributed by atoms with Crippen molar-refractivity contribution < 1.29 is 9.18 Å². The van der Waals surface area contributed by atoms with Crippen molar-refractivity contribution >= 4 is 16.8 Å². The Morgan fingerprint density at radius 1 is 1.22 bits per heavy atom. The van der Waals surface area contributed by atoms with Gasteiger partial charge < -0.3 is 10.2 Å². The third-order valence-corrected chi connectivity index (χ3v) is 5.15. The molecule has 138 valence electrons. The average Bonchev–Trinajstić information content (AvgIpc) is 2.68. The van der Waals surface area contributed by atoms with E-state index >= 15 is 0 Å². The van der Waals surface area contributed by atoms with Crippen LogP contribution in [-0.2, 0) is 0 Å². The Bertz CT molecular complexity index is 1020. The summed E-state index contributed by atoms with van der Waals surface area (Å²) in [5, 5.41) is 4.39. The third-order valence-electron chi connectivity index (χ3n) is 5.15. The standard InChI is InChI=1S/C22H22FN3O/c1-14-10-18-15(2)6-7-25-21(18)19(11-14)22(27)26-9-8-24-20(13-26)16-4-3-5-17(23)12-16/h3-7,10-12,20,24H,8-9,13H2,1-2H3. The Hall–Kier alpha value is -2.79. The highest BCUT2D eigenvalue weighted by Gasteiger charge is 2.27. The van der Waals surface area contributed by atoms with Crippen molar-refractivity contribution in [3.63, 3.8) is 0 Å². The lowest BCUT2D eigenvalue weighted by Crippen LogP contribution is -2.48. The number of aromatic nitrogens is 1. The minimum atomic E-state index is -0.262. The number of hydrogen-bond donors (Lipinski definition) is 1. The van der Waals surface area contributed by atoms with Gasteiger partial charge >= 0.3 is 0 Å². The van der Waals surface area contributed by atoms with Crippen molar-refractivity contribution in [3.05, 3.63) is 76.7 Å². The van der Waals surface area contributed by atoms with Gasteiger partial charge in [0.15, 0.2) is 0 Å². The molecule has 3 aromatic rings. The summed E-state index contributed by atoms with van der Waals surface area (Å²) in [6.07, 6.45) is 1.75. The fraction of sp³-hybridized carbons (Fsp3) is 0.273. The summed E-state index contributed by atoms with van der Waals surface area (Å²) in [4.78, 5) is 19.6. The van der Waals surface area contributed by atoms with Crippen molar-refractivity contribution in [2.45, 2.75) is 19.9 Å². The number of nitrogens with one attached hydrogen (secondary N) is 1. The van der Waals surface area contributed by atoms with Gasteiger partial charge in [0.25, 0.3) is 5.91 Å². The Morgan fingerprint density at radius 2 is 2.07 bits per heavy atom. The minimum absolute atomic E-state index is 0.0234. The lowest BCUT2D eigenvalue weighted by atomic mass is 10.00. The van der Waals surface area contributed by atoms with Crippen molar-refractivity contribution in [3.8, 4) is 0 Å². The van der Waals surface area contributed by atoms with E-state index in [1.807, 2.05) is 36.9 Å². The van der Waals surface area contributed by atoms with E-state index in [-0.39, 0.29) is 17.8 Å². The maximum atomic E-state index is 13.6. The maximum absolute atomic E-state index is 13.6. The summed E-state index contributed by atoms with van der Waals surface area (Å²) in [5.74, 6) is -0.285. The summed E-state index contributed by atoms with van der Waals surface area (Å²) >= 11 is 0. The molecule has 1 aliphatic heterocycles. The highest BCUT2D eigenvalue weighted by atomic mass is 19.1. The molecular formula is C22H22FN3O. The van der Waals surface area contributed by atoms with E-state index in [9.17, 15) is 9.18 Å². The van der Waals surface area contributed by atoms with Crippen LogP contribution < -0.4 is 5.32 Å². The molecule has 0 aliphatic carbocycles. The van der Waals surface area contributed by atoms with Crippen LogP contribution in [-0.4, -0.2) is 35.4 Å². The highest BCUT2D eigenvalue weighted by Crippen LogP contribution is 2.25. The van der Waals surface area contributed by atoms with Crippen molar-refractivity contribution in [1.29, 1.82) is 0 Å². The van der Waals surface area contributed by atoms with E-state index in [4.69, 9.17) is 0 Å². The van der Waals surface area contributed by atoms with E-state index in [0.717, 1.165) is 27.6 Å². The number of fused-ring (bicyclic) bond motifs is 1. The van der Waals surface area contributed by atoms with Crippen LogP contribution >= 0.6 is 0 Å². The van der Waals surface area contributed by atoms with E-state index in [2.05, 4.69) is 16.4 Å². The second-order valence-electron chi connectivity index (χ2n) is 7.15. The number of carbonyl (C=O) groups excluding carboxylic acids is 1. The van der Waals surface area contributed by atoms with Crippen LogP contribution in [0.2, 0.25) is 0 Å². The molecule has 2 aromatic carbocycles. The topological polar surface area (TPSA) is 45.2 Å². The molecule has 1 fully saturated rings. The van der Waals surface area contributed by atoms with Crippen molar-refractivity contribution in [1.82, 2.24) is 15.2 Å². The number of pyridine rings is 1. The van der Waals surface area contributed by atoms with Crippen molar-refractivity contribution in [2.24, 2.45) is 0 Å². The zero-order chi connectivity index (χ0) is 19.0. The van der Waals surface area contributed by atoms with Gasteiger partial charge in [-0.25, -0.2) is 4.39 Å². The summed E-state index contributed by atoms with van der Waals surface area (Å²) < 4.78 is 13.6. The molecule has 0 spiro atoms. The van der Waals surface area contributed by atoms with Crippen LogP contribution in [0.5, 0.6) is 0 Å². The SMILES string of the molecule is Cc1cc(C(=O)N2CCNC(c3cccc(F)c3)C2)c2nccc(C)c2c1. The first-order valence-electron chi connectivity index (χ1n) is 9.17. The fourth-order valence-electron chi connectivity index (χ4n) is 3.75. The first kappa shape index (κ1) is 17.6. The Kier molecular flexibility index (Phi) is 4.62. The van der Waals surface area contributed by atoms with E-state index < -0.39 is 0 Å². The van der Waals surface area contributed by atoms with Crippen molar-refractivity contribution in [2.75, 3.05) is 19.6 Å². The van der Waals surface area contributed by atoms with Gasteiger partial charge in [0, 0.05) is 31.2 Å². The zero-order valence-electron chi connectivity index (χ0n) is 15.5. The molecule has 1 aliphatic rings. The molecule has 0 saturated carbocycles. The second-order valence-corrected chi connectivity index (χ2v) is 7.15. The molecule has 0 bridgehead atoms. The summed E-state index contributed by atoms with van der Waals surface area (Å²) in [6.45, 7) is 5.82. The first-order valence-corrected chi connectivity index (χ1v) is 9.17. The number of halogens is 1. The number of benzene rings is 2. The number of hydrogen-bond acceptors (Lipinski definition) is 3. The maximum Gasteiger partial charge on any atom is 0.256 e. The zero-order valence-corrected chi connectivity index (χ0v) is 15.5. The lowest BCUT2D eigenvalue weighted by Gasteiger charge is -2.34. The van der Waals surface area contributed by atoms with Crippen LogP contribution in [0, 0.1) is 19.7 Å². The summed E-state index contributed by atoms with van der Waals surface area (Å²) in [6, 6.07) is 12.4. The Balaban J connectivity index is 1.67. The molecule has 1 atom stereocenters. The molecule has 4 nitrogen and oxygen atoms in total. The van der Waals surface area contributed by atoms with Gasteiger partial charge in [0.05, 0.1) is 17.1 Å². The van der Waals surface area contributed by atoms with E-state index in [1.54, 1.807) is 12.3 Å². The summed E-state index contributed by atoms with van der Waals surface area (Å²) in [5.41, 5.74) is 4.38. The molecule has 5 heteroatoms. The number of carbonyl (C=O) groups is 1. The van der Waals surface area contributed by atoms with E-state index in [0.29, 0.717) is 25.2 Å². The third kappa shape index (κ3) is 3.43. The van der Waals surface area contributed by atoms with Crippen LogP contribution in [0.15, 0.2) is 48.7 Å². The van der Waals surface area contributed by atoms with Crippen LogP contribution in [0.4, 0.5) is 4.39 Å². The molecular weight excluding hydrogens is 341 g/mol. The van der Waals surface area contributed by atoms with Gasteiger partial charge in [-0.05, 0) is 60.9 Å². The quantitative estimate of drug-likeness (QED) is 0.754. The first-order chi connectivity index (χ1) is 13.0. The molecule has 1 amide bonds. The monoisotopic (exact) mass is 363 g/mol. The van der Waals surface area contributed by atoms with Gasteiger partial charge in [0.2, 0.25) is 0 Å². The number of piperazine rings is 1. The van der Waals surface area contributed by atoms with Crippen LogP contribution in [0.25, 0.3) is 10.9 Å². The second kappa shape index (κ2) is 7.08. The average molecular weight is 363 g/mol. The smallest absolute Gasteiger partial charge is 0.256 e. The van der Waals surface area contributed by atoms with Crippen LogP contribution in [0.1, 0.15) is 33.1 Å². The number of rotatable bonds is 2. The van der Waals surface area contributed by atoms with Gasteiger partial charge in [-0.15, -0.1) is 0 Å². The molecule has 4 rings (SSSR count). The molecule has 27 heavy (non-hydrogen) atoms. The molecule has 1 aromatic heterocycles. The molecule has 1 unspecified atom stereocenters. The Morgan fingerprint density at radius 3 is 2.89 bits per heavy atom. The van der Waals surface area contributed by atoms with E-state index in [1.165, 1.54) is 12.1 Å². The molecule has 2 heterocycles. The lowest BCUT2D eigenvalue weighted by molar-refractivity contribution is 0.0704. The number of amides is 1. The van der Waals surface area contributed by atoms with Gasteiger partial charge in [-0.2, -0.15) is 0 Å². The predicted octanol–water partition coefficient (Wildman–Crippen LogP) is 3.78. The largest absolute Gasteiger partial charge is 0.335 e. The molecule has 1 N–H and O–H groups in total. The molecule has 1 saturated heterocycles. The number of aryl methyl sites for hydroxylation is 2. The van der Waals surface area contributed by atoms with Gasteiger partial charge in [-0.3, -0.25) is 9.78 Å². The molecule has 0 radical (unpaired) electrons. The fourth-order valence-corrected chi connectivity index (χ4v) is 3.75. The predicted molar refractivity (Wildman–Crippen MR) is 104 cm³/mol.